The molecule has 3 aromatic carbocycles. The molecule has 1 saturated carbocycles. The zero-order valence-corrected chi connectivity index (χ0v) is 28.3. The molecule has 0 spiro atoms. The first kappa shape index (κ1) is 33.0. The van der Waals surface area contributed by atoms with Crippen LogP contribution in [0.25, 0.3) is 0 Å². The van der Waals surface area contributed by atoms with Gasteiger partial charge in [-0.05, 0) is 79.2 Å². The lowest BCUT2D eigenvalue weighted by atomic mass is 9.96. The zero-order valence-electron chi connectivity index (χ0n) is 26.7. The Morgan fingerprint density at radius 2 is 1.54 bits per heavy atom. The van der Waals surface area contributed by atoms with E-state index in [1.165, 1.54) is 47.8 Å². The van der Waals surface area contributed by atoms with Crippen LogP contribution < -0.4 is 14.5 Å². The molecule has 1 saturated heterocycles. The summed E-state index contributed by atoms with van der Waals surface area (Å²) in [5, 5.41) is 22.9. The number of anilines is 2. The van der Waals surface area contributed by atoms with Crippen LogP contribution in [-0.2, 0) is 23.1 Å². The molecule has 0 atom stereocenters. The minimum absolute atomic E-state index is 0.0327. The third-order valence-electron chi connectivity index (χ3n) is 9.10. The quantitative estimate of drug-likeness (QED) is 0.232. The Kier molecular flexibility index (Phi) is 10.2. The van der Waals surface area contributed by atoms with Crippen molar-refractivity contribution in [3.05, 3.63) is 108 Å². The first-order valence-electron chi connectivity index (χ1n) is 16.3. The molecule has 0 bridgehead atoms. The Labute approximate surface area is 287 Å². The second kappa shape index (κ2) is 14.9. The SMILES string of the molecule is N#Cc1ccc(Cn2cncc2CN(c2ccccc2N2CCN(C(=S)NC3CCCCC3)CC2)S(=O)(=O)c2ccc(C#N)cc2)cc1. The first-order chi connectivity index (χ1) is 23.4. The average Bonchev–Trinajstić information content (AvgIpc) is 3.57. The van der Waals surface area contributed by atoms with Gasteiger partial charge in [-0.1, -0.05) is 43.5 Å². The number of aromatic nitrogens is 2. The van der Waals surface area contributed by atoms with Crippen LogP contribution in [-0.4, -0.2) is 60.2 Å². The van der Waals surface area contributed by atoms with Gasteiger partial charge in [-0.2, -0.15) is 10.5 Å². The number of nitriles is 2. The van der Waals surface area contributed by atoms with Gasteiger partial charge in [0.1, 0.15) is 0 Å². The van der Waals surface area contributed by atoms with E-state index in [1.807, 2.05) is 41.0 Å². The largest absolute Gasteiger partial charge is 0.366 e. The van der Waals surface area contributed by atoms with Gasteiger partial charge in [0.05, 0.1) is 58.1 Å². The number of thiocarbonyl (C=S) groups is 1. The molecular formula is C36H38N8O2S2. The van der Waals surface area contributed by atoms with Gasteiger partial charge < -0.3 is 19.7 Å². The number of benzene rings is 3. The molecule has 1 aromatic heterocycles. The van der Waals surface area contributed by atoms with Crippen LogP contribution in [0, 0.1) is 22.7 Å². The smallest absolute Gasteiger partial charge is 0.264 e. The summed E-state index contributed by atoms with van der Waals surface area (Å²) < 4.78 is 32.4. The number of imidazole rings is 1. The number of hydrogen-bond donors (Lipinski definition) is 1. The van der Waals surface area contributed by atoms with Crippen LogP contribution >= 0.6 is 12.2 Å². The summed E-state index contributed by atoms with van der Waals surface area (Å²) in [7, 11) is -4.08. The van der Waals surface area contributed by atoms with Crippen LogP contribution in [0.5, 0.6) is 0 Å². The Morgan fingerprint density at radius 3 is 2.21 bits per heavy atom. The molecule has 2 heterocycles. The van der Waals surface area contributed by atoms with E-state index in [-0.39, 0.29) is 11.4 Å². The number of hydrogen-bond acceptors (Lipinski definition) is 7. The number of para-hydroxylation sites is 2. The maximum Gasteiger partial charge on any atom is 0.264 e. The van der Waals surface area contributed by atoms with Crippen LogP contribution in [0.2, 0.25) is 0 Å². The zero-order chi connectivity index (χ0) is 33.5. The van der Waals surface area contributed by atoms with Crippen molar-refractivity contribution < 1.29 is 8.42 Å². The van der Waals surface area contributed by atoms with E-state index in [0.717, 1.165) is 42.3 Å². The Balaban J connectivity index is 1.28. The maximum atomic E-state index is 14.5. The lowest BCUT2D eigenvalue weighted by Crippen LogP contribution is -2.53. The van der Waals surface area contributed by atoms with E-state index in [0.29, 0.717) is 48.2 Å². The molecule has 12 heteroatoms. The Hall–Kier alpha value is -4.91. The standard InChI is InChI=1S/C36H38N8O2S2/c37-22-28-10-12-30(13-11-28)25-43-27-39-24-32(43)26-44(48(45,46)33-16-14-29(23-38)15-17-33)35-9-5-4-8-34(35)41-18-20-42(21-19-41)36(47)40-31-6-2-1-3-7-31/h4-5,8-17,24,27,31H,1-3,6-7,18-21,25-26H2,(H,40,47). The predicted molar refractivity (Wildman–Crippen MR) is 190 cm³/mol. The summed E-state index contributed by atoms with van der Waals surface area (Å²) in [5.74, 6) is 0. The van der Waals surface area contributed by atoms with Crippen molar-refractivity contribution in [2.45, 2.75) is 56.1 Å². The van der Waals surface area contributed by atoms with Gasteiger partial charge in [0, 0.05) is 45.0 Å². The third-order valence-corrected chi connectivity index (χ3v) is 11.3. The number of sulfonamides is 1. The van der Waals surface area contributed by atoms with Gasteiger partial charge in [0.25, 0.3) is 10.0 Å². The Morgan fingerprint density at radius 1 is 0.896 bits per heavy atom. The van der Waals surface area contributed by atoms with E-state index in [4.69, 9.17) is 12.2 Å². The molecule has 2 aliphatic rings. The molecule has 0 amide bonds. The summed E-state index contributed by atoms with van der Waals surface area (Å²) in [5.41, 5.74) is 4.00. The normalized spacial score (nSPS) is 15.4. The molecule has 1 aliphatic carbocycles. The van der Waals surface area contributed by atoms with E-state index in [1.54, 1.807) is 24.7 Å². The summed E-state index contributed by atoms with van der Waals surface area (Å²) in [6.45, 7) is 3.32. The monoisotopic (exact) mass is 678 g/mol. The molecule has 0 unspecified atom stereocenters. The fourth-order valence-corrected chi connectivity index (χ4v) is 8.18. The topological polar surface area (TPSA) is 121 Å². The van der Waals surface area contributed by atoms with Crippen LogP contribution in [0.3, 0.4) is 0 Å². The second-order valence-electron chi connectivity index (χ2n) is 12.2. The highest BCUT2D eigenvalue weighted by atomic mass is 32.2. The molecule has 4 aromatic rings. The molecule has 2 fully saturated rings. The maximum absolute atomic E-state index is 14.5. The van der Waals surface area contributed by atoms with E-state index in [9.17, 15) is 18.9 Å². The number of rotatable bonds is 9. The molecule has 0 radical (unpaired) electrons. The number of nitrogens with one attached hydrogen (secondary N) is 1. The second-order valence-corrected chi connectivity index (χ2v) is 14.5. The number of piperazine rings is 1. The van der Waals surface area contributed by atoms with Crippen molar-refractivity contribution in [1.29, 1.82) is 10.5 Å². The van der Waals surface area contributed by atoms with Gasteiger partial charge in [-0.15, -0.1) is 0 Å². The third kappa shape index (κ3) is 7.46. The lowest BCUT2D eigenvalue weighted by Gasteiger charge is -2.40. The molecule has 10 nitrogen and oxygen atoms in total. The minimum atomic E-state index is -4.08. The highest BCUT2D eigenvalue weighted by Crippen LogP contribution is 2.35. The molecule has 1 N–H and O–H groups in total. The van der Waals surface area contributed by atoms with E-state index < -0.39 is 10.0 Å². The van der Waals surface area contributed by atoms with Crippen LogP contribution in [0.4, 0.5) is 11.4 Å². The van der Waals surface area contributed by atoms with Crippen molar-refractivity contribution in [2.75, 3.05) is 35.4 Å². The molecule has 1 aliphatic heterocycles. The van der Waals surface area contributed by atoms with Gasteiger partial charge in [-0.3, -0.25) is 4.31 Å². The average molecular weight is 679 g/mol. The van der Waals surface area contributed by atoms with Crippen molar-refractivity contribution in [2.24, 2.45) is 0 Å². The van der Waals surface area contributed by atoms with Crippen LogP contribution in [0.15, 0.2) is 90.2 Å². The molecular weight excluding hydrogens is 641 g/mol. The van der Waals surface area contributed by atoms with Gasteiger partial charge in [0.2, 0.25) is 0 Å². The Bertz CT molecular complexity index is 1910. The fraction of sp³-hybridized carbons (Fsp3) is 0.333. The molecule has 246 valence electrons. The summed E-state index contributed by atoms with van der Waals surface area (Å²) in [6.07, 6.45) is 9.46. The summed E-state index contributed by atoms with van der Waals surface area (Å²) in [4.78, 5) is 8.91. The van der Waals surface area contributed by atoms with Gasteiger partial charge >= 0.3 is 0 Å². The van der Waals surface area contributed by atoms with Crippen LogP contribution in [0.1, 0.15) is 54.5 Å². The lowest BCUT2D eigenvalue weighted by molar-refractivity contribution is 0.355. The van der Waals surface area contributed by atoms with Crippen molar-refractivity contribution in [1.82, 2.24) is 19.8 Å². The van der Waals surface area contributed by atoms with Gasteiger partial charge in [0.15, 0.2) is 5.11 Å². The minimum Gasteiger partial charge on any atom is -0.366 e. The summed E-state index contributed by atoms with van der Waals surface area (Å²) in [6, 6.07) is 25.6. The first-order valence-corrected chi connectivity index (χ1v) is 18.1. The highest BCUT2D eigenvalue weighted by molar-refractivity contribution is 7.92. The highest BCUT2D eigenvalue weighted by Gasteiger charge is 2.31. The predicted octanol–water partition coefficient (Wildman–Crippen LogP) is 5.40. The van der Waals surface area contributed by atoms with Crippen molar-refractivity contribution >= 4 is 38.7 Å². The number of nitrogens with zero attached hydrogens (tertiary/aromatic N) is 7. The molecule has 48 heavy (non-hydrogen) atoms. The van der Waals surface area contributed by atoms with Gasteiger partial charge in [-0.25, -0.2) is 13.4 Å². The fourth-order valence-electron chi connectivity index (χ4n) is 6.38. The van der Waals surface area contributed by atoms with E-state index in [2.05, 4.69) is 32.2 Å². The molecule has 6 rings (SSSR count). The van der Waals surface area contributed by atoms with E-state index >= 15 is 0 Å². The summed E-state index contributed by atoms with van der Waals surface area (Å²) >= 11 is 5.80. The van der Waals surface area contributed by atoms with Crippen molar-refractivity contribution in [3.8, 4) is 12.1 Å². The van der Waals surface area contributed by atoms with Crippen molar-refractivity contribution in [3.63, 3.8) is 0 Å².